The Morgan fingerprint density at radius 2 is 1.72 bits per heavy atom. The van der Waals surface area contributed by atoms with E-state index < -0.39 is 25.8 Å². The van der Waals surface area contributed by atoms with Gasteiger partial charge in [0.15, 0.2) is 17.6 Å². The Morgan fingerprint density at radius 1 is 1.00 bits per heavy atom. The van der Waals surface area contributed by atoms with Crippen molar-refractivity contribution in [3.8, 4) is 28.7 Å². The molecule has 0 saturated carbocycles. The fourth-order valence-corrected chi connectivity index (χ4v) is 3.25. The Bertz CT molecular complexity index is 860. The first kappa shape index (κ1) is 17.4. The molecule has 10 heteroatoms. The maximum Gasteiger partial charge on any atom is 0.470 e. The van der Waals surface area contributed by atoms with E-state index in [2.05, 4.69) is 0 Å². The van der Waals surface area contributed by atoms with Gasteiger partial charge in [0.25, 0.3) is 0 Å². The number of phosphoric acid groups is 1. The van der Waals surface area contributed by atoms with Crippen LogP contribution in [0.15, 0.2) is 30.3 Å². The average Bonchev–Trinajstić information content (AvgIpc) is 2.48. The standard InChI is InChI=1S/C15H15O9P/c16-8-4-11(18)9-6-14(24-25(20,21)22)15(23-13(9)5-8)7-1-2-10(17)12(19)3-7/h1-5,14-19H,6H2,(H2,20,21,22). The van der Waals surface area contributed by atoms with Crippen LogP contribution in [0.4, 0.5) is 0 Å². The van der Waals surface area contributed by atoms with E-state index in [1.54, 1.807) is 0 Å². The van der Waals surface area contributed by atoms with E-state index >= 15 is 0 Å². The molecule has 6 N–H and O–H groups in total. The SMILES string of the molecule is O=P(O)(O)OC1Cc2c(O)cc(O)cc2OC1c1ccc(O)c(O)c1. The molecule has 0 amide bonds. The second kappa shape index (κ2) is 6.12. The summed E-state index contributed by atoms with van der Waals surface area (Å²) in [6.07, 6.45) is -2.36. The fraction of sp³-hybridized carbons (Fsp3) is 0.200. The number of hydrogen-bond donors (Lipinski definition) is 6. The van der Waals surface area contributed by atoms with E-state index in [0.29, 0.717) is 0 Å². The number of fused-ring (bicyclic) bond motifs is 1. The largest absolute Gasteiger partial charge is 0.508 e. The van der Waals surface area contributed by atoms with Crippen LogP contribution < -0.4 is 4.74 Å². The minimum Gasteiger partial charge on any atom is -0.508 e. The van der Waals surface area contributed by atoms with E-state index in [1.807, 2.05) is 0 Å². The van der Waals surface area contributed by atoms with E-state index in [0.717, 1.165) is 6.07 Å². The fourth-order valence-electron chi connectivity index (χ4n) is 2.72. The molecule has 1 heterocycles. The molecule has 0 saturated heterocycles. The summed E-state index contributed by atoms with van der Waals surface area (Å²) < 4.78 is 21.7. The second-order valence-electron chi connectivity index (χ2n) is 5.57. The molecule has 0 aliphatic carbocycles. The van der Waals surface area contributed by atoms with Gasteiger partial charge in [0, 0.05) is 24.1 Å². The van der Waals surface area contributed by atoms with Crippen molar-refractivity contribution >= 4 is 7.82 Å². The van der Waals surface area contributed by atoms with Crippen LogP contribution in [0.25, 0.3) is 0 Å². The van der Waals surface area contributed by atoms with Gasteiger partial charge in [-0.3, -0.25) is 4.52 Å². The molecule has 2 atom stereocenters. The smallest absolute Gasteiger partial charge is 0.470 e. The molecule has 0 bridgehead atoms. The summed E-state index contributed by atoms with van der Waals surface area (Å²) in [4.78, 5) is 18.3. The monoisotopic (exact) mass is 370 g/mol. The van der Waals surface area contributed by atoms with E-state index in [-0.39, 0.29) is 40.5 Å². The molecular weight excluding hydrogens is 355 g/mol. The minimum atomic E-state index is -4.87. The van der Waals surface area contributed by atoms with Gasteiger partial charge in [-0.1, -0.05) is 6.07 Å². The highest BCUT2D eigenvalue weighted by Gasteiger charge is 2.38. The molecule has 0 radical (unpaired) electrons. The Kier molecular flexibility index (Phi) is 4.26. The highest BCUT2D eigenvalue weighted by molar-refractivity contribution is 7.46. The number of ether oxygens (including phenoxy) is 1. The lowest BCUT2D eigenvalue weighted by atomic mass is 9.94. The molecule has 0 spiro atoms. The van der Waals surface area contributed by atoms with Crippen LogP contribution in [-0.4, -0.2) is 36.3 Å². The van der Waals surface area contributed by atoms with Gasteiger partial charge in [-0.2, -0.15) is 0 Å². The number of phenolic OH excluding ortho intramolecular Hbond substituents is 4. The van der Waals surface area contributed by atoms with Crippen molar-refractivity contribution in [2.45, 2.75) is 18.6 Å². The van der Waals surface area contributed by atoms with Crippen LogP contribution in [0.5, 0.6) is 28.7 Å². The molecule has 2 aromatic rings. The van der Waals surface area contributed by atoms with E-state index in [4.69, 9.17) is 19.0 Å². The molecule has 1 aliphatic heterocycles. The molecule has 9 nitrogen and oxygen atoms in total. The highest BCUT2D eigenvalue weighted by atomic mass is 31.2. The van der Waals surface area contributed by atoms with Crippen LogP contribution in [0.3, 0.4) is 0 Å². The number of phosphoric ester groups is 1. The van der Waals surface area contributed by atoms with Gasteiger partial charge in [-0.15, -0.1) is 0 Å². The van der Waals surface area contributed by atoms with Crippen LogP contribution >= 0.6 is 7.82 Å². The number of aromatic hydroxyl groups is 4. The molecular formula is C15H15O9P. The van der Waals surface area contributed by atoms with Gasteiger partial charge in [-0.25, -0.2) is 4.57 Å². The molecule has 0 fully saturated rings. The van der Waals surface area contributed by atoms with Crippen molar-refractivity contribution in [3.63, 3.8) is 0 Å². The van der Waals surface area contributed by atoms with Gasteiger partial charge in [-0.05, 0) is 17.7 Å². The van der Waals surface area contributed by atoms with E-state index in [9.17, 15) is 25.0 Å². The summed E-state index contributed by atoms with van der Waals surface area (Å²) in [6, 6.07) is 6.07. The first-order valence-electron chi connectivity index (χ1n) is 7.11. The molecule has 3 rings (SSSR count). The summed E-state index contributed by atoms with van der Waals surface area (Å²) >= 11 is 0. The zero-order valence-corrected chi connectivity index (χ0v) is 13.5. The molecule has 0 aromatic heterocycles. The number of hydrogen-bond acceptors (Lipinski definition) is 7. The summed E-state index contributed by atoms with van der Waals surface area (Å²) in [5.41, 5.74) is 0.498. The Hall–Kier alpha value is -2.45. The Morgan fingerprint density at radius 3 is 2.36 bits per heavy atom. The number of rotatable bonds is 3. The predicted molar refractivity (Wildman–Crippen MR) is 83.5 cm³/mol. The van der Waals surface area contributed by atoms with Crippen molar-refractivity contribution in [3.05, 3.63) is 41.5 Å². The third-order valence-electron chi connectivity index (χ3n) is 3.77. The van der Waals surface area contributed by atoms with Crippen LogP contribution in [0.2, 0.25) is 0 Å². The van der Waals surface area contributed by atoms with Crippen molar-refractivity contribution in [2.24, 2.45) is 0 Å². The van der Waals surface area contributed by atoms with Gasteiger partial charge < -0.3 is 34.9 Å². The van der Waals surface area contributed by atoms with Crippen LogP contribution in [0, 0.1) is 0 Å². The lowest BCUT2D eigenvalue weighted by molar-refractivity contribution is 0.0170. The van der Waals surface area contributed by atoms with Gasteiger partial charge in [0.05, 0.1) is 0 Å². The van der Waals surface area contributed by atoms with Crippen molar-refractivity contribution in [1.82, 2.24) is 0 Å². The van der Waals surface area contributed by atoms with Gasteiger partial charge in [0.1, 0.15) is 23.4 Å². The Labute approximate surface area is 141 Å². The lowest BCUT2D eigenvalue weighted by Crippen LogP contribution is -2.32. The lowest BCUT2D eigenvalue weighted by Gasteiger charge is -2.34. The minimum absolute atomic E-state index is 0.112. The van der Waals surface area contributed by atoms with Crippen molar-refractivity contribution in [1.29, 1.82) is 0 Å². The average molecular weight is 370 g/mol. The third kappa shape index (κ3) is 3.64. The van der Waals surface area contributed by atoms with Gasteiger partial charge >= 0.3 is 7.82 Å². The van der Waals surface area contributed by atoms with Crippen molar-refractivity contribution in [2.75, 3.05) is 0 Å². The highest BCUT2D eigenvalue weighted by Crippen LogP contribution is 2.48. The summed E-state index contributed by atoms with van der Waals surface area (Å²) in [5.74, 6) is -1.26. The first-order chi connectivity index (χ1) is 11.6. The second-order valence-corrected chi connectivity index (χ2v) is 6.76. The Balaban J connectivity index is 2.06. The zero-order valence-electron chi connectivity index (χ0n) is 12.6. The zero-order chi connectivity index (χ0) is 18.4. The molecule has 25 heavy (non-hydrogen) atoms. The molecule has 2 unspecified atom stereocenters. The van der Waals surface area contributed by atoms with Gasteiger partial charge in [0.2, 0.25) is 0 Å². The van der Waals surface area contributed by atoms with Crippen LogP contribution in [0.1, 0.15) is 17.2 Å². The summed E-state index contributed by atoms with van der Waals surface area (Å²) in [6.45, 7) is 0. The summed E-state index contributed by atoms with van der Waals surface area (Å²) in [5, 5.41) is 38.6. The molecule has 134 valence electrons. The topological polar surface area (TPSA) is 157 Å². The summed E-state index contributed by atoms with van der Waals surface area (Å²) in [7, 11) is -4.87. The van der Waals surface area contributed by atoms with Crippen molar-refractivity contribution < 1.29 is 44.0 Å². The number of phenols is 4. The molecule has 1 aliphatic rings. The first-order valence-corrected chi connectivity index (χ1v) is 8.64. The third-order valence-corrected chi connectivity index (χ3v) is 4.31. The maximum atomic E-state index is 11.3. The normalized spacial score (nSPS) is 19.9. The van der Waals surface area contributed by atoms with Crippen LogP contribution in [-0.2, 0) is 15.5 Å². The quantitative estimate of drug-likeness (QED) is 0.349. The predicted octanol–water partition coefficient (Wildman–Crippen LogP) is 1.66. The van der Waals surface area contributed by atoms with E-state index in [1.165, 1.54) is 24.3 Å². The maximum absolute atomic E-state index is 11.3. The molecule has 2 aromatic carbocycles. The number of benzene rings is 2.